The highest BCUT2D eigenvalue weighted by atomic mass is 35.5. The fourth-order valence-corrected chi connectivity index (χ4v) is 2.32. The molecule has 2 aromatic carbocycles. The fraction of sp³-hybridized carbons (Fsp3) is 0.167. The van der Waals surface area contributed by atoms with Gasteiger partial charge in [-0.15, -0.1) is 0 Å². The van der Waals surface area contributed by atoms with Gasteiger partial charge in [0.25, 0.3) is 0 Å². The lowest BCUT2D eigenvalue weighted by molar-refractivity contribution is 0.0599. The zero-order valence-electron chi connectivity index (χ0n) is 13.5. The number of carbonyl (C=O) groups excluding carboxylic acids is 2. The van der Waals surface area contributed by atoms with Crippen LogP contribution in [-0.4, -0.2) is 32.4 Å². The molecule has 2 aromatic rings. The first-order valence-electron chi connectivity index (χ1n) is 7.08. The van der Waals surface area contributed by atoms with E-state index in [0.29, 0.717) is 16.3 Å². The van der Waals surface area contributed by atoms with Crippen molar-refractivity contribution in [2.75, 3.05) is 14.2 Å². The molecule has 24 heavy (non-hydrogen) atoms. The zero-order chi connectivity index (χ0) is 17.7. The van der Waals surface area contributed by atoms with E-state index in [2.05, 4.69) is 4.99 Å². The van der Waals surface area contributed by atoms with Gasteiger partial charge in [0.05, 0.1) is 31.0 Å². The third-order valence-electron chi connectivity index (χ3n) is 3.49. The summed E-state index contributed by atoms with van der Waals surface area (Å²) in [7, 11) is 2.55. The summed E-state index contributed by atoms with van der Waals surface area (Å²) in [5.41, 5.74) is 2.21. The second kappa shape index (κ2) is 7.75. The highest BCUT2D eigenvalue weighted by Gasteiger charge is 2.18. The maximum Gasteiger partial charge on any atom is 0.338 e. The molecule has 0 aromatic heterocycles. The van der Waals surface area contributed by atoms with Crippen molar-refractivity contribution in [1.29, 1.82) is 0 Å². The van der Waals surface area contributed by atoms with Crippen LogP contribution in [0.25, 0.3) is 0 Å². The summed E-state index contributed by atoms with van der Waals surface area (Å²) < 4.78 is 9.53. The lowest BCUT2D eigenvalue weighted by Gasteiger charge is -2.09. The second-order valence-electron chi connectivity index (χ2n) is 4.89. The van der Waals surface area contributed by atoms with E-state index < -0.39 is 11.9 Å². The van der Waals surface area contributed by atoms with Crippen LogP contribution in [0.15, 0.2) is 41.4 Å². The summed E-state index contributed by atoms with van der Waals surface area (Å²) in [6.07, 6.45) is 1.44. The molecule has 5 nitrogen and oxygen atoms in total. The van der Waals surface area contributed by atoms with Gasteiger partial charge in [-0.25, -0.2) is 9.59 Å². The van der Waals surface area contributed by atoms with Crippen molar-refractivity contribution >= 4 is 35.4 Å². The second-order valence-corrected chi connectivity index (χ2v) is 5.30. The van der Waals surface area contributed by atoms with Crippen LogP contribution >= 0.6 is 11.6 Å². The third-order valence-corrected chi connectivity index (χ3v) is 3.90. The number of rotatable bonds is 4. The van der Waals surface area contributed by atoms with Crippen LogP contribution in [0, 0.1) is 6.92 Å². The van der Waals surface area contributed by atoms with Crippen LogP contribution in [-0.2, 0) is 9.47 Å². The number of methoxy groups -OCH3 is 2. The Morgan fingerprint density at radius 1 is 1.00 bits per heavy atom. The number of ether oxygens (including phenoxy) is 2. The van der Waals surface area contributed by atoms with E-state index in [9.17, 15) is 9.59 Å². The summed E-state index contributed by atoms with van der Waals surface area (Å²) in [5.74, 6) is -1.13. The Morgan fingerprint density at radius 3 is 2.08 bits per heavy atom. The van der Waals surface area contributed by atoms with Crippen LogP contribution in [0.4, 0.5) is 5.69 Å². The third kappa shape index (κ3) is 3.63. The quantitative estimate of drug-likeness (QED) is 0.621. The van der Waals surface area contributed by atoms with E-state index in [1.54, 1.807) is 36.4 Å². The molecule has 0 bridgehead atoms. The maximum atomic E-state index is 12.0. The first kappa shape index (κ1) is 17.7. The summed E-state index contributed by atoms with van der Waals surface area (Å²) in [4.78, 5) is 28.3. The molecular formula is C18H16ClNO4. The van der Waals surface area contributed by atoms with Gasteiger partial charge in [0.1, 0.15) is 0 Å². The molecule has 0 saturated carbocycles. The molecule has 0 atom stereocenters. The minimum atomic E-state index is -0.565. The van der Waals surface area contributed by atoms with Crippen LogP contribution < -0.4 is 0 Å². The summed E-state index contributed by atoms with van der Waals surface area (Å²) in [5, 5.41) is 0.582. The van der Waals surface area contributed by atoms with E-state index in [1.807, 2.05) is 6.92 Å². The Hall–Kier alpha value is -2.66. The van der Waals surface area contributed by atoms with Gasteiger partial charge < -0.3 is 9.47 Å². The number of halogens is 1. The van der Waals surface area contributed by atoms with E-state index in [0.717, 1.165) is 5.56 Å². The Labute approximate surface area is 144 Å². The number of benzene rings is 2. The molecule has 2 rings (SSSR count). The van der Waals surface area contributed by atoms with Gasteiger partial charge in [0, 0.05) is 16.8 Å². The first-order chi connectivity index (χ1) is 11.5. The van der Waals surface area contributed by atoms with Gasteiger partial charge in [0.2, 0.25) is 0 Å². The first-order valence-corrected chi connectivity index (χ1v) is 7.46. The molecule has 0 saturated heterocycles. The van der Waals surface area contributed by atoms with Gasteiger partial charge in [-0.1, -0.05) is 23.7 Å². The standard InChI is InChI=1S/C18H16ClNO4/c1-11-15(19)8-5-9-16(11)20-10-14-12(17(21)23-2)6-4-7-13(14)18(22)24-3/h4-10H,1-3H3/b20-10+. The fourth-order valence-electron chi connectivity index (χ4n) is 2.15. The van der Waals surface area contributed by atoms with Crippen LogP contribution in [0.3, 0.4) is 0 Å². The van der Waals surface area contributed by atoms with Crippen molar-refractivity contribution in [2.45, 2.75) is 6.92 Å². The molecule has 0 aliphatic carbocycles. The Morgan fingerprint density at radius 2 is 1.54 bits per heavy atom. The van der Waals surface area contributed by atoms with Crippen molar-refractivity contribution in [3.63, 3.8) is 0 Å². The van der Waals surface area contributed by atoms with E-state index in [-0.39, 0.29) is 11.1 Å². The van der Waals surface area contributed by atoms with Gasteiger partial charge in [-0.3, -0.25) is 4.99 Å². The Bertz CT molecular complexity index is 780. The van der Waals surface area contributed by atoms with E-state index in [1.165, 1.54) is 20.4 Å². The van der Waals surface area contributed by atoms with E-state index in [4.69, 9.17) is 21.1 Å². The molecular weight excluding hydrogens is 330 g/mol. The molecule has 0 amide bonds. The van der Waals surface area contributed by atoms with E-state index >= 15 is 0 Å². The highest BCUT2D eigenvalue weighted by molar-refractivity contribution is 6.31. The van der Waals surface area contributed by atoms with Crippen molar-refractivity contribution in [1.82, 2.24) is 0 Å². The largest absolute Gasteiger partial charge is 0.465 e. The monoisotopic (exact) mass is 345 g/mol. The molecule has 0 aliphatic heterocycles. The molecule has 124 valence electrons. The minimum absolute atomic E-state index is 0.226. The highest BCUT2D eigenvalue weighted by Crippen LogP contribution is 2.26. The number of carbonyl (C=O) groups is 2. The molecule has 0 unspecified atom stereocenters. The molecule has 0 heterocycles. The number of aliphatic imine (C=N–C) groups is 1. The smallest absolute Gasteiger partial charge is 0.338 e. The zero-order valence-corrected chi connectivity index (χ0v) is 14.3. The summed E-state index contributed by atoms with van der Waals surface area (Å²) >= 11 is 6.08. The topological polar surface area (TPSA) is 65.0 Å². The molecule has 0 aliphatic rings. The summed E-state index contributed by atoms with van der Waals surface area (Å²) in [6.45, 7) is 1.84. The van der Waals surface area contributed by atoms with Gasteiger partial charge in [-0.05, 0) is 36.8 Å². The summed E-state index contributed by atoms with van der Waals surface area (Å²) in [6, 6.07) is 10.0. The van der Waals surface area contributed by atoms with Crippen LogP contribution in [0.2, 0.25) is 5.02 Å². The SMILES string of the molecule is COC(=O)c1cccc(C(=O)OC)c1/C=N/c1cccc(Cl)c1C. The molecule has 0 N–H and O–H groups in total. The lowest BCUT2D eigenvalue weighted by Crippen LogP contribution is -2.12. The molecule has 0 radical (unpaired) electrons. The lowest BCUT2D eigenvalue weighted by atomic mass is 10.0. The Balaban J connectivity index is 2.58. The van der Waals surface area contributed by atoms with Crippen molar-refractivity contribution in [3.05, 3.63) is 63.7 Å². The van der Waals surface area contributed by atoms with Gasteiger partial charge >= 0.3 is 11.9 Å². The van der Waals surface area contributed by atoms with Gasteiger partial charge in [0.15, 0.2) is 0 Å². The van der Waals surface area contributed by atoms with Crippen molar-refractivity contribution in [3.8, 4) is 0 Å². The van der Waals surface area contributed by atoms with Crippen LogP contribution in [0.1, 0.15) is 31.8 Å². The van der Waals surface area contributed by atoms with Crippen molar-refractivity contribution in [2.24, 2.45) is 4.99 Å². The molecule has 0 spiro atoms. The predicted octanol–water partition coefficient (Wildman–Crippen LogP) is 3.97. The normalized spacial score (nSPS) is 10.7. The number of hydrogen-bond acceptors (Lipinski definition) is 5. The minimum Gasteiger partial charge on any atom is -0.465 e. The Kier molecular flexibility index (Phi) is 5.71. The number of nitrogens with zero attached hydrogens (tertiary/aromatic N) is 1. The molecule has 6 heteroatoms. The van der Waals surface area contributed by atoms with Crippen LogP contribution in [0.5, 0.6) is 0 Å². The average Bonchev–Trinajstić information content (AvgIpc) is 2.61. The number of esters is 2. The predicted molar refractivity (Wildman–Crippen MR) is 92.6 cm³/mol. The maximum absolute atomic E-state index is 12.0. The van der Waals surface area contributed by atoms with Crippen molar-refractivity contribution < 1.29 is 19.1 Å². The number of hydrogen-bond donors (Lipinski definition) is 0. The van der Waals surface area contributed by atoms with Gasteiger partial charge in [-0.2, -0.15) is 0 Å². The average molecular weight is 346 g/mol. The molecule has 0 fully saturated rings.